The van der Waals surface area contributed by atoms with Gasteiger partial charge in [0.05, 0.1) is 18.0 Å². The summed E-state index contributed by atoms with van der Waals surface area (Å²) in [4.78, 5) is 14.8. The van der Waals surface area contributed by atoms with Crippen LogP contribution in [0.15, 0.2) is 52.7 Å². The van der Waals surface area contributed by atoms with Crippen molar-refractivity contribution in [3.8, 4) is 0 Å². The van der Waals surface area contributed by atoms with Crippen LogP contribution in [0.4, 0.5) is 0 Å². The van der Waals surface area contributed by atoms with Crippen molar-refractivity contribution < 1.29 is 4.79 Å². The van der Waals surface area contributed by atoms with E-state index in [0.717, 1.165) is 30.4 Å². The van der Waals surface area contributed by atoms with Gasteiger partial charge in [-0.2, -0.15) is 5.10 Å². The third kappa shape index (κ3) is 5.36. The fourth-order valence-corrected chi connectivity index (χ4v) is 4.52. The lowest BCUT2D eigenvalue weighted by Gasteiger charge is -2.17. The number of nitrogens with zero attached hydrogens (tertiary/aromatic N) is 3. The third-order valence-electron chi connectivity index (χ3n) is 5.20. The van der Waals surface area contributed by atoms with Gasteiger partial charge >= 0.3 is 0 Å². The first kappa shape index (κ1) is 21.3. The number of carbonyl (C=O) groups excluding carboxylic acids is 1. The lowest BCUT2D eigenvalue weighted by Crippen LogP contribution is -2.31. The summed E-state index contributed by atoms with van der Waals surface area (Å²) in [7, 11) is 0. The molecule has 0 aromatic heterocycles. The Labute approximate surface area is 178 Å². The second-order valence-corrected chi connectivity index (χ2v) is 8.76. The smallest absolute Gasteiger partial charge is 0.242 e. The van der Waals surface area contributed by atoms with Crippen LogP contribution in [-0.2, 0) is 11.3 Å². The van der Waals surface area contributed by atoms with Gasteiger partial charge in [0.1, 0.15) is 0 Å². The Hall–Kier alpha value is -2.40. The summed E-state index contributed by atoms with van der Waals surface area (Å²) >= 11 is 1.55. The Morgan fingerprint density at radius 2 is 1.90 bits per heavy atom. The van der Waals surface area contributed by atoms with E-state index in [9.17, 15) is 4.79 Å². The van der Waals surface area contributed by atoms with E-state index in [-0.39, 0.29) is 11.2 Å². The molecule has 1 aliphatic rings. The summed E-state index contributed by atoms with van der Waals surface area (Å²) in [5.74, 6) is 0.146. The molecule has 0 bridgehead atoms. The average molecular weight is 408 g/mol. The SMILES string of the molecule is CCCC[C@@H]1S/C(=N/N=C\c2ccc(C)cc2C)N(Cc2ccccc2C)C1=O. The number of carbonyl (C=O) groups is 1. The number of thioether (sulfide) groups is 1. The fourth-order valence-electron chi connectivity index (χ4n) is 3.37. The molecule has 0 radical (unpaired) electrons. The molecule has 0 unspecified atom stereocenters. The van der Waals surface area contributed by atoms with Gasteiger partial charge in [-0.15, -0.1) is 5.10 Å². The van der Waals surface area contributed by atoms with Crippen molar-refractivity contribution in [2.24, 2.45) is 10.2 Å². The minimum absolute atomic E-state index is 0.0611. The molecule has 29 heavy (non-hydrogen) atoms. The Morgan fingerprint density at radius 1 is 1.10 bits per heavy atom. The van der Waals surface area contributed by atoms with Crippen molar-refractivity contribution in [1.29, 1.82) is 0 Å². The molecule has 0 aliphatic carbocycles. The molecule has 0 saturated carbocycles. The zero-order valence-corrected chi connectivity index (χ0v) is 18.5. The first-order valence-electron chi connectivity index (χ1n) is 10.2. The molecule has 0 N–H and O–H groups in total. The Balaban J connectivity index is 1.84. The van der Waals surface area contributed by atoms with E-state index in [4.69, 9.17) is 0 Å². The van der Waals surface area contributed by atoms with Gasteiger partial charge in [0.2, 0.25) is 5.91 Å². The molecule has 1 fully saturated rings. The summed E-state index contributed by atoms with van der Waals surface area (Å²) in [5, 5.41) is 9.41. The number of rotatable bonds is 7. The van der Waals surface area contributed by atoms with Crippen LogP contribution in [0.2, 0.25) is 0 Å². The van der Waals surface area contributed by atoms with Crippen molar-refractivity contribution in [3.63, 3.8) is 0 Å². The van der Waals surface area contributed by atoms with Gasteiger partial charge in [-0.05, 0) is 49.4 Å². The van der Waals surface area contributed by atoms with E-state index in [1.165, 1.54) is 16.7 Å². The van der Waals surface area contributed by atoms with Crippen molar-refractivity contribution in [2.75, 3.05) is 0 Å². The molecule has 3 rings (SSSR count). The zero-order valence-electron chi connectivity index (χ0n) is 17.7. The third-order valence-corrected chi connectivity index (χ3v) is 6.43. The van der Waals surface area contributed by atoms with Gasteiger partial charge in [-0.25, -0.2) is 0 Å². The Bertz CT molecular complexity index is 935. The largest absolute Gasteiger partial charge is 0.284 e. The Morgan fingerprint density at radius 3 is 2.62 bits per heavy atom. The minimum atomic E-state index is -0.0611. The molecular weight excluding hydrogens is 378 g/mol. The highest BCUT2D eigenvalue weighted by molar-refractivity contribution is 8.15. The van der Waals surface area contributed by atoms with Gasteiger partial charge in [0, 0.05) is 0 Å². The molecule has 5 heteroatoms. The lowest BCUT2D eigenvalue weighted by atomic mass is 10.1. The highest BCUT2D eigenvalue weighted by Gasteiger charge is 2.37. The molecule has 1 saturated heterocycles. The zero-order chi connectivity index (χ0) is 20.8. The minimum Gasteiger partial charge on any atom is -0.284 e. The van der Waals surface area contributed by atoms with Gasteiger partial charge in [-0.3, -0.25) is 9.69 Å². The molecule has 2 aromatic rings. The van der Waals surface area contributed by atoms with E-state index in [1.807, 2.05) is 12.1 Å². The first-order valence-corrected chi connectivity index (χ1v) is 11.1. The highest BCUT2D eigenvalue weighted by atomic mass is 32.2. The number of hydrogen-bond donors (Lipinski definition) is 0. The fraction of sp³-hybridized carbons (Fsp3) is 0.375. The number of aryl methyl sites for hydroxylation is 3. The molecule has 2 aromatic carbocycles. The maximum absolute atomic E-state index is 13.0. The predicted octanol–water partition coefficient (Wildman–Crippen LogP) is 5.64. The molecule has 4 nitrogen and oxygen atoms in total. The number of hydrogen-bond acceptors (Lipinski definition) is 4. The summed E-state index contributed by atoms with van der Waals surface area (Å²) < 4.78 is 0. The lowest BCUT2D eigenvalue weighted by molar-refractivity contribution is -0.126. The summed E-state index contributed by atoms with van der Waals surface area (Å²) in [6.45, 7) is 8.92. The maximum atomic E-state index is 13.0. The van der Waals surface area contributed by atoms with Crippen LogP contribution >= 0.6 is 11.8 Å². The van der Waals surface area contributed by atoms with Crippen molar-refractivity contribution >= 4 is 29.1 Å². The first-order chi connectivity index (χ1) is 14.0. The van der Waals surface area contributed by atoms with Crippen molar-refractivity contribution in [2.45, 2.75) is 58.8 Å². The Kier molecular flexibility index (Phi) is 7.26. The van der Waals surface area contributed by atoms with Crippen LogP contribution in [0.3, 0.4) is 0 Å². The molecule has 0 spiro atoms. The summed E-state index contributed by atoms with van der Waals surface area (Å²) in [6.07, 6.45) is 4.78. The normalized spacial score (nSPS) is 18.3. The quantitative estimate of drug-likeness (QED) is 0.441. The second-order valence-electron chi connectivity index (χ2n) is 7.59. The standard InChI is InChI=1S/C24H29N3OS/c1-5-6-11-22-23(28)27(16-21-10-8-7-9-18(21)3)24(29-22)26-25-15-20-13-12-17(2)14-19(20)4/h7-10,12-15,22H,5-6,11,16H2,1-4H3/b25-15-,26-24+/t22-/m0/s1. The van der Waals surface area contributed by atoms with Crippen LogP contribution in [0.5, 0.6) is 0 Å². The number of amides is 1. The monoisotopic (exact) mass is 407 g/mol. The second kappa shape index (κ2) is 9.88. The van der Waals surface area contributed by atoms with E-state index < -0.39 is 0 Å². The number of unbranched alkanes of at least 4 members (excludes halogenated alkanes) is 1. The van der Waals surface area contributed by atoms with E-state index in [1.54, 1.807) is 22.9 Å². The van der Waals surface area contributed by atoms with E-state index >= 15 is 0 Å². The number of amidine groups is 1. The highest BCUT2D eigenvalue weighted by Crippen LogP contribution is 2.32. The maximum Gasteiger partial charge on any atom is 0.242 e. The van der Waals surface area contributed by atoms with Gasteiger partial charge in [-0.1, -0.05) is 79.6 Å². The van der Waals surface area contributed by atoms with Crippen LogP contribution in [0, 0.1) is 20.8 Å². The van der Waals surface area contributed by atoms with Gasteiger partial charge in [0.25, 0.3) is 0 Å². The number of benzene rings is 2. The summed E-state index contributed by atoms with van der Waals surface area (Å²) in [6, 6.07) is 14.4. The molecule has 152 valence electrons. The van der Waals surface area contributed by atoms with Crippen molar-refractivity contribution in [3.05, 3.63) is 70.3 Å². The molecule has 1 heterocycles. The van der Waals surface area contributed by atoms with Crippen LogP contribution < -0.4 is 0 Å². The van der Waals surface area contributed by atoms with E-state index in [2.05, 4.69) is 68.2 Å². The molecular formula is C24H29N3OS. The van der Waals surface area contributed by atoms with Crippen LogP contribution in [0.1, 0.15) is 54.0 Å². The average Bonchev–Trinajstić information content (AvgIpc) is 2.99. The van der Waals surface area contributed by atoms with Crippen molar-refractivity contribution in [1.82, 2.24) is 4.90 Å². The van der Waals surface area contributed by atoms with Gasteiger partial charge in [0.15, 0.2) is 5.17 Å². The van der Waals surface area contributed by atoms with E-state index in [0.29, 0.717) is 11.7 Å². The van der Waals surface area contributed by atoms with Crippen LogP contribution in [0.25, 0.3) is 0 Å². The predicted molar refractivity (Wildman–Crippen MR) is 124 cm³/mol. The van der Waals surface area contributed by atoms with Gasteiger partial charge < -0.3 is 0 Å². The van der Waals surface area contributed by atoms with Crippen LogP contribution in [-0.4, -0.2) is 27.4 Å². The molecule has 1 atom stereocenters. The molecule has 1 amide bonds. The molecule has 1 aliphatic heterocycles. The summed E-state index contributed by atoms with van der Waals surface area (Å²) in [5.41, 5.74) is 5.76. The topological polar surface area (TPSA) is 45.0 Å².